The SMILES string of the molecule is CCN(CC)c1nc2nc(SCC(=O)Nc3ccccc3Cl)n(C(C)C)c(=O)c2s1. The highest BCUT2D eigenvalue weighted by atomic mass is 35.5. The number of benzene rings is 1. The second-order valence-corrected chi connectivity index (χ2v) is 9.13. The third kappa shape index (κ3) is 4.79. The Balaban J connectivity index is 1.88. The van der Waals surface area contributed by atoms with E-state index in [-0.39, 0.29) is 23.3 Å². The van der Waals surface area contributed by atoms with Crippen LogP contribution in [0, 0.1) is 0 Å². The van der Waals surface area contributed by atoms with Crippen molar-refractivity contribution in [3.05, 3.63) is 39.6 Å². The zero-order valence-electron chi connectivity index (χ0n) is 17.3. The van der Waals surface area contributed by atoms with Crippen molar-refractivity contribution >= 4 is 61.8 Å². The fraction of sp³-hybridized carbons (Fsp3) is 0.400. The first kappa shape index (κ1) is 22.6. The molecule has 160 valence electrons. The van der Waals surface area contributed by atoms with E-state index in [4.69, 9.17) is 11.6 Å². The number of anilines is 2. The number of aromatic nitrogens is 3. The normalized spacial score (nSPS) is 11.3. The van der Waals surface area contributed by atoms with Crippen LogP contribution in [0.25, 0.3) is 10.3 Å². The number of fused-ring (bicyclic) bond motifs is 1. The molecule has 10 heteroatoms. The molecule has 7 nitrogen and oxygen atoms in total. The molecule has 0 spiro atoms. The van der Waals surface area contributed by atoms with E-state index < -0.39 is 0 Å². The lowest BCUT2D eigenvalue weighted by Crippen LogP contribution is -2.25. The van der Waals surface area contributed by atoms with Gasteiger partial charge in [0.1, 0.15) is 4.70 Å². The molecule has 0 bridgehead atoms. The minimum atomic E-state index is -0.222. The van der Waals surface area contributed by atoms with Crippen LogP contribution >= 0.6 is 34.7 Å². The fourth-order valence-corrected chi connectivity index (χ4v) is 5.09. The molecular formula is C20H24ClN5O2S2. The lowest BCUT2D eigenvalue weighted by Gasteiger charge is -2.15. The van der Waals surface area contributed by atoms with Gasteiger partial charge in [-0.15, -0.1) is 0 Å². The van der Waals surface area contributed by atoms with E-state index >= 15 is 0 Å². The van der Waals surface area contributed by atoms with Crippen LogP contribution in [-0.2, 0) is 4.79 Å². The zero-order chi connectivity index (χ0) is 21.8. The third-order valence-corrected chi connectivity index (χ3v) is 6.82. The molecule has 30 heavy (non-hydrogen) atoms. The van der Waals surface area contributed by atoms with Crippen LogP contribution < -0.4 is 15.8 Å². The lowest BCUT2D eigenvalue weighted by atomic mass is 10.3. The quantitative estimate of drug-likeness (QED) is 0.385. The number of nitrogens with one attached hydrogen (secondary N) is 1. The Kier molecular flexibility index (Phi) is 7.38. The van der Waals surface area contributed by atoms with Crippen molar-refractivity contribution in [1.82, 2.24) is 14.5 Å². The molecule has 0 radical (unpaired) electrons. The second kappa shape index (κ2) is 9.80. The highest BCUT2D eigenvalue weighted by molar-refractivity contribution is 7.99. The molecule has 3 rings (SSSR count). The van der Waals surface area contributed by atoms with Crippen molar-refractivity contribution in [2.75, 3.05) is 29.1 Å². The van der Waals surface area contributed by atoms with Crippen molar-refractivity contribution < 1.29 is 4.79 Å². The van der Waals surface area contributed by atoms with Gasteiger partial charge in [-0.05, 0) is 39.8 Å². The topological polar surface area (TPSA) is 80.1 Å². The van der Waals surface area contributed by atoms with Crippen LogP contribution in [0.15, 0.2) is 34.2 Å². The molecule has 0 atom stereocenters. The van der Waals surface area contributed by atoms with Gasteiger partial charge < -0.3 is 10.2 Å². The first-order valence-corrected chi connectivity index (χ1v) is 11.9. The Labute approximate surface area is 188 Å². The summed E-state index contributed by atoms with van der Waals surface area (Å²) in [4.78, 5) is 36.8. The maximum absolute atomic E-state index is 13.1. The van der Waals surface area contributed by atoms with Crippen LogP contribution in [0.4, 0.5) is 10.8 Å². The molecule has 0 fully saturated rings. The van der Waals surface area contributed by atoms with E-state index in [1.54, 1.807) is 28.8 Å². The smallest absolute Gasteiger partial charge is 0.274 e. The summed E-state index contributed by atoms with van der Waals surface area (Å²) in [7, 11) is 0. The van der Waals surface area contributed by atoms with E-state index in [1.807, 2.05) is 27.7 Å². The van der Waals surface area contributed by atoms with Crippen LogP contribution in [-0.4, -0.2) is 39.3 Å². The van der Waals surface area contributed by atoms with Gasteiger partial charge >= 0.3 is 0 Å². The van der Waals surface area contributed by atoms with Gasteiger partial charge in [0.25, 0.3) is 5.56 Å². The number of para-hydroxylation sites is 1. The van der Waals surface area contributed by atoms with Crippen molar-refractivity contribution in [3.63, 3.8) is 0 Å². The van der Waals surface area contributed by atoms with E-state index in [2.05, 4.69) is 20.2 Å². The molecular weight excluding hydrogens is 442 g/mol. The molecule has 2 heterocycles. The number of hydrogen-bond donors (Lipinski definition) is 1. The third-order valence-electron chi connectivity index (χ3n) is 4.45. The standard InChI is InChI=1S/C20H24ClN5O2S2/c1-5-25(6-2)19-23-17-16(30-19)18(28)26(12(3)4)20(24-17)29-11-15(27)22-14-10-8-7-9-13(14)21/h7-10,12H,5-6,11H2,1-4H3,(H,22,27). The van der Waals surface area contributed by atoms with Gasteiger partial charge in [-0.3, -0.25) is 14.2 Å². The summed E-state index contributed by atoms with van der Waals surface area (Å²) < 4.78 is 2.16. The molecule has 0 unspecified atom stereocenters. The molecule has 0 saturated carbocycles. The van der Waals surface area contributed by atoms with E-state index in [0.29, 0.717) is 26.2 Å². The summed E-state index contributed by atoms with van der Waals surface area (Å²) in [6.45, 7) is 9.56. The molecule has 0 saturated heterocycles. The Morgan fingerprint density at radius 2 is 1.97 bits per heavy atom. The van der Waals surface area contributed by atoms with Gasteiger partial charge in [-0.2, -0.15) is 4.98 Å². The second-order valence-electron chi connectivity index (χ2n) is 6.80. The van der Waals surface area contributed by atoms with Crippen molar-refractivity contribution in [2.24, 2.45) is 0 Å². The van der Waals surface area contributed by atoms with Crippen molar-refractivity contribution in [2.45, 2.75) is 38.9 Å². The van der Waals surface area contributed by atoms with Crippen molar-refractivity contribution in [3.8, 4) is 0 Å². The summed E-state index contributed by atoms with van der Waals surface area (Å²) in [5.74, 6) is -0.122. The predicted molar refractivity (Wildman–Crippen MR) is 126 cm³/mol. The molecule has 1 amide bonds. The number of carbonyl (C=O) groups is 1. The number of amides is 1. The highest BCUT2D eigenvalue weighted by Crippen LogP contribution is 2.28. The Hall–Kier alpha value is -2.10. The number of rotatable bonds is 8. The van der Waals surface area contributed by atoms with Crippen LogP contribution in [0.2, 0.25) is 5.02 Å². The molecule has 0 aliphatic rings. The summed E-state index contributed by atoms with van der Waals surface area (Å²) in [6, 6.07) is 6.96. The first-order valence-electron chi connectivity index (χ1n) is 9.70. The number of thiazole rings is 1. The van der Waals surface area contributed by atoms with E-state index in [0.717, 1.165) is 18.2 Å². The highest BCUT2D eigenvalue weighted by Gasteiger charge is 2.20. The van der Waals surface area contributed by atoms with Crippen LogP contribution in [0.3, 0.4) is 0 Å². The molecule has 0 aliphatic heterocycles. The number of nitrogens with zero attached hydrogens (tertiary/aromatic N) is 4. The zero-order valence-corrected chi connectivity index (χ0v) is 19.7. The van der Waals surface area contributed by atoms with Gasteiger partial charge in [-0.1, -0.05) is 46.8 Å². The number of carbonyl (C=O) groups excluding carboxylic acids is 1. The minimum Gasteiger partial charge on any atom is -0.349 e. The largest absolute Gasteiger partial charge is 0.349 e. The minimum absolute atomic E-state index is 0.0949. The molecule has 0 aliphatic carbocycles. The summed E-state index contributed by atoms with van der Waals surface area (Å²) in [5.41, 5.74) is 0.857. The Morgan fingerprint density at radius 1 is 1.27 bits per heavy atom. The lowest BCUT2D eigenvalue weighted by molar-refractivity contribution is -0.113. The van der Waals surface area contributed by atoms with Crippen molar-refractivity contribution in [1.29, 1.82) is 0 Å². The Bertz CT molecular complexity index is 1110. The fourth-order valence-electron chi connectivity index (χ4n) is 2.92. The maximum atomic E-state index is 13.1. The number of hydrogen-bond acceptors (Lipinski definition) is 7. The van der Waals surface area contributed by atoms with Gasteiger partial charge in [-0.25, -0.2) is 4.98 Å². The summed E-state index contributed by atoms with van der Waals surface area (Å²) >= 11 is 8.68. The molecule has 1 N–H and O–H groups in total. The van der Waals surface area contributed by atoms with Gasteiger partial charge in [0.15, 0.2) is 15.9 Å². The molecule has 1 aromatic carbocycles. The summed E-state index contributed by atoms with van der Waals surface area (Å²) in [5, 5.41) is 4.53. The van der Waals surface area contributed by atoms with E-state index in [9.17, 15) is 9.59 Å². The van der Waals surface area contributed by atoms with Crippen LogP contribution in [0.1, 0.15) is 33.7 Å². The average Bonchev–Trinajstić information content (AvgIpc) is 3.13. The number of thioether (sulfide) groups is 1. The van der Waals surface area contributed by atoms with Gasteiger partial charge in [0, 0.05) is 19.1 Å². The first-order chi connectivity index (χ1) is 14.3. The molecule has 3 aromatic rings. The van der Waals surface area contributed by atoms with Gasteiger partial charge in [0.2, 0.25) is 5.91 Å². The predicted octanol–water partition coefficient (Wildman–Crippen LogP) is 4.66. The average molecular weight is 466 g/mol. The summed E-state index contributed by atoms with van der Waals surface area (Å²) in [6.07, 6.45) is 0. The Morgan fingerprint density at radius 3 is 2.60 bits per heavy atom. The van der Waals surface area contributed by atoms with Gasteiger partial charge in [0.05, 0.1) is 16.5 Å². The van der Waals surface area contributed by atoms with Crippen LogP contribution in [0.5, 0.6) is 0 Å². The number of halogens is 1. The monoisotopic (exact) mass is 465 g/mol. The maximum Gasteiger partial charge on any atom is 0.274 e. The van der Waals surface area contributed by atoms with E-state index in [1.165, 1.54) is 23.1 Å². The molecule has 2 aromatic heterocycles.